The van der Waals surface area contributed by atoms with Gasteiger partial charge in [0.15, 0.2) is 11.5 Å². The zero-order chi connectivity index (χ0) is 20.1. The molecule has 2 aromatic carbocycles. The van der Waals surface area contributed by atoms with Gasteiger partial charge in [0.1, 0.15) is 5.82 Å². The maximum absolute atomic E-state index is 13.6. The fraction of sp³-hybridized carbons (Fsp3) is 0.158. The lowest BCUT2D eigenvalue weighted by molar-refractivity contribution is -0.116. The summed E-state index contributed by atoms with van der Waals surface area (Å²) in [5, 5.41) is 9.94. The van der Waals surface area contributed by atoms with Crippen LogP contribution in [0.4, 0.5) is 15.9 Å². The number of carbonyl (C=O) groups excluding carboxylic acids is 1. The van der Waals surface area contributed by atoms with Crippen molar-refractivity contribution in [3.05, 3.63) is 69.6 Å². The quantitative estimate of drug-likeness (QED) is 0.442. The Hall–Kier alpha value is -3.07. The number of nitrogens with two attached hydrogens (primary N) is 1. The van der Waals surface area contributed by atoms with E-state index in [2.05, 4.69) is 41.2 Å². The number of aliphatic imine (C=N–C) groups is 1. The molecular weight excluding hydrogens is 429 g/mol. The van der Waals surface area contributed by atoms with Gasteiger partial charge in [-0.1, -0.05) is 40.2 Å². The van der Waals surface area contributed by atoms with E-state index in [4.69, 9.17) is 5.73 Å². The minimum Gasteiger partial charge on any atom is -0.382 e. The van der Waals surface area contributed by atoms with Crippen LogP contribution in [0, 0.1) is 12.7 Å². The van der Waals surface area contributed by atoms with Crippen LogP contribution in [0.15, 0.2) is 56.6 Å². The van der Waals surface area contributed by atoms with Crippen LogP contribution in [0.25, 0.3) is 0 Å². The third kappa shape index (κ3) is 4.80. The fourth-order valence-electron chi connectivity index (χ4n) is 2.43. The predicted molar refractivity (Wildman–Crippen MR) is 107 cm³/mol. The molecule has 0 atom stereocenters. The van der Waals surface area contributed by atoms with Gasteiger partial charge < -0.3 is 11.1 Å². The maximum atomic E-state index is 13.6. The van der Waals surface area contributed by atoms with Crippen LogP contribution in [0.1, 0.15) is 23.2 Å². The Morgan fingerprint density at radius 1 is 1.29 bits per heavy atom. The van der Waals surface area contributed by atoms with Gasteiger partial charge in [0.25, 0.3) is 0 Å². The van der Waals surface area contributed by atoms with Crippen LogP contribution in [0.5, 0.6) is 0 Å². The number of hydrogen-bond acceptors (Lipinski definition) is 5. The minimum atomic E-state index is -0.369. The first-order chi connectivity index (χ1) is 13.4. The Kier molecular flexibility index (Phi) is 6.15. The summed E-state index contributed by atoms with van der Waals surface area (Å²) in [6.45, 7) is 1.96. The van der Waals surface area contributed by atoms with E-state index >= 15 is 0 Å². The summed E-state index contributed by atoms with van der Waals surface area (Å²) in [7, 11) is 0. The van der Waals surface area contributed by atoms with E-state index in [9.17, 15) is 9.18 Å². The average Bonchev–Trinajstić information content (AvgIpc) is 3.12. The molecule has 7 nitrogen and oxygen atoms in total. The average molecular weight is 446 g/mol. The number of halogens is 2. The molecule has 1 amide bonds. The number of aromatic nitrogens is 2. The van der Waals surface area contributed by atoms with Gasteiger partial charge in [-0.15, -0.1) is 0 Å². The van der Waals surface area contributed by atoms with Gasteiger partial charge in [-0.05, 0) is 53.0 Å². The molecule has 3 rings (SSSR count). The number of amides is 1. The molecule has 0 aliphatic carbocycles. The van der Waals surface area contributed by atoms with Gasteiger partial charge in [0.05, 0.1) is 5.69 Å². The van der Waals surface area contributed by atoms with E-state index in [0.29, 0.717) is 11.3 Å². The van der Waals surface area contributed by atoms with Crippen molar-refractivity contribution in [3.63, 3.8) is 0 Å². The Bertz CT molecular complexity index is 1030. The first-order valence-corrected chi connectivity index (χ1v) is 9.20. The number of carbonyl (C=O) groups is 1. The normalized spacial score (nSPS) is 11.5. The van der Waals surface area contributed by atoms with Gasteiger partial charge in [0, 0.05) is 10.9 Å². The van der Waals surface area contributed by atoms with Gasteiger partial charge in [-0.3, -0.25) is 4.79 Å². The Balaban J connectivity index is 1.69. The molecule has 0 saturated heterocycles. The van der Waals surface area contributed by atoms with Crippen molar-refractivity contribution >= 4 is 39.2 Å². The van der Waals surface area contributed by atoms with E-state index in [1.54, 1.807) is 24.3 Å². The predicted octanol–water partition coefficient (Wildman–Crippen LogP) is 3.89. The van der Waals surface area contributed by atoms with E-state index in [1.165, 1.54) is 6.07 Å². The number of hydrogen-bond donors (Lipinski definition) is 2. The molecule has 1 aromatic heterocycles. The zero-order valence-electron chi connectivity index (χ0n) is 14.9. The van der Waals surface area contributed by atoms with Crippen LogP contribution in [-0.2, 0) is 11.2 Å². The van der Waals surface area contributed by atoms with Crippen molar-refractivity contribution in [3.8, 4) is 0 Å². The van der Waals surface area contributed by atoms with E-state index in [0.717, 1.165) is 10.0 Å². The Morgan fingerprint density at radius 2 is 2.07 bits per heavy atom. The van der Waals surface area contributed by atoms with Crippen LogP contribution in [0.3, 0.4) is 0 Å². The summed E-state index contributed by atoms with van der Waals surface area (Å²) in [5.74, 6) is -0.613. The summed E-state index contributed by atoms with van der Waals surface area (Å²) < 4.78 is 19.2. The minimum absolute atomic E-state index is 0.0430. The molecule has 28 heavy (non-hydrogen) atoms. The molecule has 0 fully saturated rings. The molecular formula is C19H17BrFN5O2. The number of amidine groups is 1. The molecule has 0 bridgehead atoms. The third-order valence-electron chi connectivity index (χ3n) is 3.97. The number of aryl methyl sites for hydroxylation is 2. The highest BCUT2D eigenvalue weighted by molar-refractivity contribution is 9.10. The molecule has 0 unspecified atom stereocenters. The highest BCUT2D eigenvalue weighted by Gasteiger charge is 2.17. The molecule has 1 heterocycles. The van der Waals surface area contributed by atoms with Crippen molar-refractivity contribution in [2.24, 2.45) is 10.7 Å². The van der Waals surface area contributed by atoms with Crippen LogP contribution >= 0.6 is 15.9 Å². The van der Waals surface area contributed by atoms with E-state index < -0.39 is 0 Å². The number of nitrogens with zero attached hydrogens (tertiary/aromatic N) is 3. The van der Waals surface area contributed by atoms with Crippen molar-refractivity contribution < 1.29 is 13.8 Å². The molecule has 0 aliphatic heterocycles. The number of benzene rings is 2. The largest absolute Gasteiger partial charge is 0.382 e. The van der Waals surface area contributed by atoms with Crippen LogP contribution in [0.2, 0.25) is 0 Å². The van der Waals surface area contributed by atoms with Crippen molar-refractivity contribution in [2.75, 3.05) is 5.32 Å². The highest BCUT2D eigenvalue weighted by atomic mass is 79.9. The molecule has 0 spiro atoms. The summed E-state index contributed by atoms with van der Waals surface area (Å²) in [5.41, 5.74) is 8.24. The topological polar surface area (TPSA) is 106 Å². The standard InChI is InChI=1S/C19H17BrFN5O2/c1-11-6-8-13(10-14(11)20)23-18(22)17-19(26-28-25-17)24-16(27)9-7-12-4-2-3-5-15(12)21/h2-6,8,10H,7,9H2,1H3,(H2,22,23)(H,24,26,27). The smallest absolute Gasteiger partial charge is 0.226 e. The monoisotopic (exact) mass is 445 g/mol. The number of anilines is 1. The molecule has 3 aromatic rings. The van der Waals surface area contributed by atoms with Crippen LogP contribution in [-0.4, -0.2) is 22.1 Å². The first kappa shape index (κ1) is 19.7. The van der Waals surface area contributed by atoms with E-state index in [1.807, 2.05) is 19.1 Å². The number of rotatable bonds is 6. The van der Waals surface area contributed by atoms with Gasteiger partial charge >= 0.3 is 0 Å². The Labute approximate surface area is 168 Å². The summed E-state index contributed by atoms with van der Waals surface area (Å²) in [6, 6.07) is 11.8. The molecule has 0 aliphatic rings. The van der Waals surface area contributed by atoms with Gasteiger partial charge in [-0.25, -0.2) is 14.0 Å². The molecule has 0 radical (unpaired) electrons. The summed E-state index contributed by atoms with van der Waals surface area (Å²) in [6.07, 6.45) is 0.315. The third-order valence-corrected chi connectivity index (χ3v) is 4.83. The lowest BCUT2D eigenvalue weighted by atomic mass is 10.1. The lowest BCUT2D eigenvalue weighted by Gasteiger charge is -2.05. The molecule has 144 valence electrons. The van der Waals surface area contributed by atoms with Crippen LogP contribution < -0.4 is 11.1 Å². The van der Waals surface area contributed by atoms with Crippen molar-refractivity contribution in [2.45, 2.75) is 19.8 Å². The lowest BCUT2D eigenvalue weighted by Crippen LogP contribution is -2.19. The van der Waals surface area contributed by atoms with Gasteiger partial charge in [0.2, 0.25) is 11.7 Å². The first-order valence-electron chi connectivity index (χ1n) is 8.40. The van der Waals surface area contributed by atoms with Crippen molar-refractivity contribution in [1.82, 2.24) is 10.3 Å². The number of nitrogens with one attached hydrogen (secondary N) is 1. The Morgan fingerprint density at radius 3 is 2.82 bits per heavy atom. The second kappa shape index (κ2) is 8.75. The highest BCUT2D eigenvalue weighted by Crippen LogP contribution is 2.23. The maximum Gasteiger partial charge on any atom is 0.226 e. The summed E-state index contributed by atoms with van der Waals surface area (Å²) >= 11 is 3.43. The van der Waals surface area contributed by atoms with Crippen molar-refractivity contribution in [1.29, 1.82) is 0 Å². The molecule has 0 saturated carbocycles. The second-order valence-corrected chi connectivity index (χ2v) is 6.89. The second-order valence-electron chi connectivity index (χ2n) is 6.03. The van der Waals surface area contributed by atoms with E-state index in [-0.39, 0.29) is 41.9 Å². The molecule has 3 N–H and O–H groups in total. The summed E-state index contributed by atoms with van der Waals surface area (Å²) in [4.78, 5) is 16.5. The SMILES string of the molecule is Cc1ccc(N=C(N)c2nonc2NC(=O)CCc2ccccc2F)cc1Br. The van der Waals surface area contributed by atoms with Gasteiger partial charge in [-0.2, -0.15) is 0 Å². The fourth-order valence-corrected chi connectivity index (χ4v) is 2.79. The zero-order valence-corrected chi connectivity index (χ0v) is 16.5. The molecule has 9 heteroatoms.